The van der Waals surface area contributed by atoms with Crippen LogP contribution >= 0.6 is 11.6 Å². The van der Waals surface area contributed by atoms with Crippen molar-refractivity contribution in [2.24, 2.45) is 7.05 Å². The summed E-state index contributed by atoms with van der Waals surface area (Å²) in [5, 5.41) is 4.84. The zero-order chi connectivity index (χ0) is 13.1. The van der Waals surface area contributed by atoms with Crippen molar-refractivity contribution in [2.75, 3.05) is 0 Å². The first-order valence-electron chi connectivity index (χ1n) is 6.48. The molecule has 0 aromatic carbocycles. The standard InChI is InChI=1S/C14H19ClN2O/c1-10-14(15)13(17(2)16-10)9-12(18)8-11-6-4-3-5-7-11/h8H,3-7,9H2,1-2H3. The van der Waals surface area contributed by atoms with E-state index in [0.717, 1.165) is 24.2 Å². The second-order valence-electron chi connectivity index (χ2n) is 4.98. The highest BCUT2D eigenvalue weighted by Gasteiger charge is 2.14. The van der Waals surface area contributed by atoms with Gasteiger partial charge in [0.2, 0.25) is 0 Å². The molecule has 0 aliphatic heterocycles. The van der Waals surface area contributed by atoms with E-state index in [2.05, 4.69) is 5.10 Å². The molecule has 1 aromatic rings. The van der Waals surface area contributed by atoms with Crippen molar-refractivity contribution in [3.63, 3.8) is 0 Å². The minimum atomic E-state index is 0.136. The largest absolute Gasteiger partial charge is 0.294 e. The van der Waals surface area contributed by atoms with Crippen LogP contribution in [0.15, 0.2) is 11.6 Å². The lowest BCUT2D eigenvalue weighted by Gasteiger charge is -2.12. The average Bonchev–Trinajstić information content (AvgIpc) is 2.57. The first-order chi connectivity index (χ1) is 8.58. The fourth-order valence-corrected chi connectivity index (χ4v) is 2.69. The van der Waals surface area contributed by atoms with Gasteiger partial charge in [-0.05, 0) is 38.7 Å². The maximum absolute atomic E-state index is 12.0. The number of allylic oxidation sites excluding steroid dienone is 2. The van der Waals surface area contributed by atoms with Gasteiger partial charge in [0.25, 0.3) is 0 Å². The predicted octanol–water partition coefficient (Wildman–Crippen LogP) is 3.38. The Kier molecular flexibility index (Phi) is 4.23. The Morgan fingerprint density at radius 2 is 2.06 bits per heavy atom. The Bertz CT molecular complexity index is 480. The molecule has 1 fully saturated rings. The Labute approximate surface area is 113 Å². The van der Waals surface area contributed by atoms with E-state index in [1.807, 2.05) is 20.0 Å². The molecule has 18 heavy (non-hydrogen) atoms. The van der Waals surface area contributed by atoms with Gasteiger partial charge in [0.1, 0.15) is 0 Å². The molecule has 0 spiro atoms. The highest BCUT2D eigenvalue weighted by atomic mass is 35.5. The molecule has 2 rings (SSSR count). The van der Waals surface area contributed by atoms with Crippen LogP contribution in [0.1, 0.15) is 43.5 Å². The Morgan fingerprint density at radius 3 is 2.61 bits per heavy atom. The van der Waals surface area contributed by atoms with Crippen LogP contribution in [-0.2, 0) is 18.3 Å². The Hall–Kier alpha value is -1.09. The van der Waals surface area contributed by atoms with Crippen molar-refractivity contribution in [3.05, 3.63) is 28.1 Å². The molecule has 1 aromatic heterocycles. The summed E-state index contributed by atoms with van der Waals surface area (Å²) in [7, 11) is 1.83. The molecule has 0 atom stereocenters. The van der Waals surface area contributed by atoms with Crippen LogP contribution < -0.4 is 0 Å². The van der Waals surface area contributed by atoms with Gasteiger partial charge < -0.3 is 0 Å². The van der Waals surface area contributed by atoms with Crippen LogP contribution in [0.25, 0.3) is 0 Å². The average molecular weight is 267 g/mol. The summed E-state index contributed by atoms with van der Waals surface area (Å²) in [4.78, 5) is 12.0. The normalized spacial score (nSPS) is 15.8. The van der Waals surface area contributed by atoms with Crippen LogP contribution in [0.4, 0.5) is 0 Å². The SMILES string of the molecule is Cc1nn(C)c(CC(=O)C=C2CCCCC2)c1Cl. The van der Waals surface area contributed by atoms with E-state index in [-0.39, 0.29) is 5.78 Å². The lowest BCUT2D eigenvalue weighted by Crippen LogP contribution is -2.07. The highest BCUT2D eigenvalue weighted by Crippen LogP contribution is 2.24. The summed E-state index contributed by atoms with van der Waals surface area (Å²) in [6.45, 7) is 1.86. The van der Waals surface area contributed by atoms with Gasteiger partial charge in [-0.15, -0.1) is 0 Å². The number of aryl methyl sites for hydroxylation is 2. The summed E-state index contributed by atoms with van der Waals surface area (Å²) in [5.74, 6) is 0.136. The first-order valence-corrected chi connectivity index (χ1v) is 6.86. The van der Waals surface area contributed by atoms with Gasteiger partial charge in [0, 0.05) is 7.05 Å². The molecule has 98 valence electrons. The minimum Gasteiger partial charge on any atom is -0.294 e. The smallest absolute Gasteiger partial charge is 0.161 e. The van der Waals surface area contributed by atoms with Crippen molar-refractivity contribution < 1.29 is 4.79 Å². The van der Waals surface area contributed by atoms with Gasteiger partial charge in [-0.3, -0.25) is 9.48 Å². The zero-order valence-corrected chi connectivity index (χ0v) is 11.8. The van der Waals surface area contributed by atoms with Gasteiger partial charge in [-0.2, -0.15) is 5.10 Å². The molecule has 3 nitrogen and oxygen atoms in total. The number of ketones is 1. The molecular formula is C14H19ClN2O. The second-order valence-corrected chi connectivity index (χ2v) is 5.35. The third-order valence-electron chi connectivity index (χ3n) is 3.46. The number of carbonyl (C=O) groups is 1. The number of carbonyl (C=O) groups excluding carboxylic acids is 1. The van der Waals surface area contributed by atoms with Crippen molar-refractivity contribution in [3.8, 4) is 0 Å². The summed E-state index contributed by atoms with van der Waals surface area (Å²) in [6, 6.07) is 0. The van der Waals surface area contributed by atoms with Crippen LogP contribution in [0.5, 0.6) is 0 Å². The van der Waals surface area contributed by atoms with Crippen LogP contribution in [-0.4, -0.2) is 15.6 Å². The topological polar surface area (TPSA) is 34.9 Å². The Balaban J connectivity index is 2.07. The molecule has 0 amide bonds. The molecule has 0 saturated heterocycles. The quantitative estimate of drug-likeness (QED) is 0.786. The van der Waals surface area contributed by atoms with Crippen LogP contribution in [0, 0.1) is 6.92 Å². The molecule has 0 radical (unpaired) electrons. The van der Waals surface area contributed by atoms with Crippen molar-refractivity contribution >= 4 is 17.4 Å². The molecule has 1 aliphatic rings. The van der Waals surface area contributed by atoms with Crippen LogP contribution in [0.3, 0.4) is 0 Å². The van der Waals surface area contributed by atoms with Crippen molar-refractivity contribution in [1.82, 2.24) is 9.78 Å². The van der Waals surface area contributed by atoms with E-state index in [4.69, 9.17) is 11.6 Å². The highest BCUT2D eigenvalue weighted by molar-refractivity contribution is 6.32. The Morgan fingerprint density at radius 1 is 1.39 bits per heavy atom. The number of hydrogen-bond acceptors (Lipinski definition) is 2. The summed E-state index contributed by atoms with van der Waals surface area (Å²) >= 11 is 6.14. The molecular weight excluding hydrogens is 248 g/mol. The number of halogens is 1. The van der Waals surface area contributed by atoms with Crippen molar-refractivity contribution in [1.29, 1.82) is 0 Å². The van der Waals surface area contributed by atoms with E-state index in [0.29, 0.717) is 11.4 Å². The summed E-state index contributed by atoms with van der Waals surface area (Å²) in [6.07, 6.45) is 8.03. The van der Waals surface area contributed by atoms with Gasteiger partial charge >= 0.3 is 0 Å². The van der Waals surface area contributed by atoms with E-state index in [1.54, 1.807) is 4.68 Å². The van der Waals surface area contributed by atoms with Gasteiger partial charge in [-0.25, -0.2) is 0 Å². The van der Waals surface area contributed by atoms with Crippen molar-refractivity contribution in [2.45, 2.75) is 45.4 Å². The lowest BCUT2D eigenvalue weighted by molar-refractivity contribution is -0.114. The maximum atomic E-state index is 12.0. The molecule has 0 N–H and O–H groups in total. The van der Waals surface area contributed by atoms with Gasteiger partial charge in [0.15, 0.2) is 5.78 Å². The minimum absolute atomic E-state index is 0.136. The first kappa shape index (κ1) is 13.3. The molecule has 0 unspecified atom stereocenters. The van der Waals surface area contributed by atoms with Gasteiger partial charge in [-0.1, -0.05) is 23.6 Å². The van der Waals surface area contributed by atoms with E-state index < -0.39 is 0 Å². The van der Waals surface area contributed by atoms with E-state index in [1.165, 1.54) is 24.8 Å². The molecule has 1 saturated carbocycles. The summed E-state index contributed by atoms with van der Waals surface area (Å²) < 4.78 is 1.70. The predicted molar refractivity (Wildman–Crippen MR) is 72.8 cm³/mol. The third-order valence-corrected chi connectivity index (χ3v) is 3.96. The second kappa shape index (κ2) is 5.70. The number of aromatic nitrogens is 2. The molecule has 0 bridgehead atoms. The van der Waals surface area contributed by atoms with E-state index in [9.17, 15) is 4.79 Å². The molecule has 1 aliphatic carbocycles. The van der Waals surface area contributed by atoms with Crippen LogP contribution in [0.2, 0.25) is 5.02 Å². The zero-order valence-electron chi connectivity index (χ0n) is 11.0. The third kappa shape index (κ3) is 3.02. The fourth-order valence-electron chi connectivity index (χ4n) is 2.47. The maximum Gasteiger partial charge on any atom is 0.161 e. The lowest BCUT2D eigenvalue weighted by atomic mass is 9.93. The van der Waals surface area contributed by atoms with Gasteiger partial charge in [0.05, 0.1) is 22.8 Å². The monoisotopic (exact) mass is 266 g/mol. The number of rotatable bonds is 3. The number of hydrogen-bond donors (Lipinski definition) is 0. The van der Waals surface area contributed by atoms with E-state index >= 15 is 0 Å². The fraction of sp³-hybridized carbons (Fsp3) is 0.571. The number of nitrogens with zero attached hydrogens (tertiary/aromatic N) is 2. The molecule has 4 heteroatoms. The molecule has 1 heterocycles. The summed E-state index contributed by atoms with van der Waals surface area (Å²) in [5.41, 5.74) is 2.89.